The highest BCUT2D eigenvalue weighted by atomic mass is 19.4. The maximum atomic E-state index is 12.8. The summed E-state index contributed by atoms with van der Waals surface area (Å²) in [5.74, 6) is -0.580. The highest BCUT2D eigenvalue weighted by molar-refractivity contribution is 5.95. The molecule has 0 radical (unpaired) electrons. The number of hydrogen-bond donors (Lipinski definition) is 1. The van der Waals surface area contributed by atoms with Gasteiger partial charge in [-0.2, -0.15) is 13.2 Å². The van der Waals surface area contributed by atoms with E-state index in [1.165, 1.54) is 16.8 Å². The maximum Gasteiger partial charge on any atom is 0.416 e. The van der Waals surface area contributed by atoms with Crippen LogP contribution in [0.5, 0.6) is 0 Å². The van der Waals surface area contributed by atoms with E-state index >= 15 is 0 Å². The third kappa shape index (κ3) is 2.81. The molecule has 1 amide bonds. The lowest BCUT2D eigenvalue weighted by Crippen LogP contribution is -2.51. The van der Waals surface area contributed by atoms with Crippen molar-refractivity contribution in [3.8, 4) is 0 Å². The molecule has 124 valence electrons. The van der Waals surface area contributed by atoms with Gasteiger partial charge in [-0.05, 0) is 6.92 Å². The van der Waals surface area contributed by atoms with Crippen molar-refractivity contribution in [3.63, 3.8) is 0 Å². The Kier molecular flexibility index (Phi) is 3.63. The quantitative estimate of drug-likeness (QED) is 0.836. The summed E-state index contributed by atoms with van der Waals surface area (Å²) in [4.78, 5) is 28.9. The summed E-state index contributed by atoms with van der Waals surface area (Å²) in [6.07, 6.45) is -5.26. The summed E-state index contributed by atoms with van der Waals surface area (Å²) in [7, 11) is 0. The summed E-state index contributed by atoms with van der Waals surface area (Å²) in [6, 6.07) is 1.26. The Morgan fingerprint density at radius 2 is 2.22 bits per heavy atom. The number of alkyl halides is 3. The van der Waals surface area contributed by atoms with Gasteiger partial charge in [-0.15, -0.1) is 0 Å². The first-order chi connectivity index (χ1) is 10.8. The number of aromatic nitrogens is 3. The van der Waals surface area contributed by atoms with Gasteiger partial charge in [0, 0.05) is 18.8 Å². The number of fused-ring (bicyclic) bond motifs is 1. The van der Waals surface area contributed by atoms with Crippen molar-refractivity contribution in [2.24, 2.45) is 0 Å². The second-order valence-electron chi connectivity index (χ2n) is 5.22. The van der Waals surface area contributed by atoms with E-state index in [2.05, 4.69) is 14.8 Å². The van der Waals surface area contributed by atoms with Gasteiger partial charge in [0.25, 0.3) is 11.5 Å². The van der Waals surface area contributed by atoms with Crippen molar-refractivity contribution in [2.75, 3.05) is 19.7 Å². The molecule has 10 heteroatoms. The standard InChI is InChI=1S/C13H13F3N4O3/c1-7-8(5-17-10-4-11(21)18-20(7)10)12(22)19-2-3-23-9(6-19)13(14,15)16/h4-5,9H,2-3,6H2,1H3,(H,18,21). The topological polar surface area (TPSA) is 79.7 Å². The van der Waals surface area contributed by atoms with Crippen LogP contribution in [-0.2, 0) is 4.74 Å². The van der Waals surface area contributed by atoms with Crippen LogP contribution in [0.3, 0.4) is 0 Å². The molecule has 3 heterocycles. The van der Waals surface area contributed by atoms with Gasteiger partial charge < -0.3 is 9.64 Å². The Labute approximate surface area is 127 Å². The van der Waals surface area contributed by atoms with Crippen LogP contribution < -0.4 is 5.56 Å². The van der Waals surface area contributed by atoms with E-state index in [0.29, 0.717) is 11.3 Å². The molecule has 1 saturated heterocycles. The second kappa shape index (κ2) is 5.37. The number of nitrogens with one attached hydrogen (secondary N) is 1. The molecule has 2 aromatic rings. The summed E-state index contributed by atoms with van der Waals surface area (Å²) >= 11 is 0. The third-order valence-electron chi connectivity index (χ3n) is 3.71. The van der Waals surface area contributed by atoms with Gasteiger partial charge in [0.15, 0.2) is 11.8 Å². The number of carbonyl (C=O) groups excluding carboxylic acids is 1. The van der Waals surface area contributed by atoms with Crippen molar-refractivity contribution in [2.45, 2.75) is 19.2 Å². The van der Waals surface area contributed by atoms with Crippen molar-refractivity contribution in [1.82, 2.24) is 19.5 Å². The minimum absolute atomic E-state index is 0.0606. The van der Waals surface area contributed by atoms with Gasteiger partial charge in [0.2, 0.25) is 0 Å². The summed E-state index contributed by atoms with van der Waals surface area (Å²) < 4.78 is 44.3. The molecule has 1 N–H and O–H groups in total. The number of carbonyl (C=O) groups is 1. The van der Waals surface area contributed by atoms with Crippen LogP contribution >= 0.6 is 0 Å². The maximum absolute atomic E-state index is 12.8. The number of nitrogens with zero attached hydrogens (tertiary/aromatic N) is 3. The highest BCUT2D eigenvalue weighted by Gasteiger charge is 2.44. The fraction of sp³-hybridized carbons (Fsp3) is 0.462. The largest absolute Gasteiger partial charge is 0.416 e. The predicted molar refractivity (Wildman–Crippen MR) is 72.2 cm³/mol. The van der Waals surface area contributed by atoms with Crippen LogP contribution in [0.4, 0.5) is 13.2 Å². The Bertz CT molecular complexity index is 811. The van der Waals surface area contributed by atoms with Crippen LogP contribution in [0.25, 0.3) is 5.65 Å². The van der Waals surface area contributed by atoms with Gasteiger partial charge in [-0.25, -0.2) is 9.50 Å². The van der Waals surface area contributed by atoms with E-state index in [4.69, 9.17) is 0 Å². The first-order valence-corrected chi connectivity index (χ1v) is 6.82. The van der Waals surface area contributed by atoms with E-state index in [1.54, 1.807) is 6.92 Å². The SMILES string of the molecule is Cc1c(C(=O)N2CCOC(C(F)(F)F)C2)cnc2cc(=O)[nH]n12. The lowest BCUT2D eigenvalue weighted by molar-refractivity contribution is -0.233. The molecule has 0 saturated carbocycles. The predicted octanol–water partition coefficient (Wildman–Crippen LogP) is 0.734. The van der Waals surface area contributed by atoms with Gasteiger partial charge in [-0.3, -0.25) is 14.7 Å². The van der Waals surface area contributed by atoms with Gasteiger partial charge >= 0.3 is 6.18 Å². The molecule has 0 aromatic carbocycles. The average molecular weight is 330 g/mol. The summed E-state index contributed by atoms with van der Waals surface area (Å²) in [6.45, 7) is 0.887. The van der Waals surface area contributed by atoms with Crippen LogP contribution in [0, 0.1) is 6.92 Å². The lowest BCUT2D eigenvalue weighted by atomic mass is 10.2. The van der Waals surface area contributed by atoms with E-state index in [-0.39, 0.29) is 24.3 Å². The second-order valence-corrected chi connectivity index (χ2v) is 5.22. The van der Waals surface area contributed by atoms with Crippen LogP contribution in [0.2, 0.25) is 0 Å². The van der Waals surface area contributed by atoms with E-state index in [1.807, 2.05) is 0 Å². The Hall–Kier alpha value is -2.36. The van der Waals surface area contributed by atoms with Crippen LogP contribution in [-0.4, -0.2) is 57.4 Å². The van der Waals surface area contributed by atoms with Crippen molar-refractivity contribution in [1.29, 1.82) is 0 Å². The molecule has 7 nitrogen and oxygen atoms in total. The number of H-pyrrole nitrogens is 1. The van der Waals surface area contributed by atoms with E-state index in [9.17, 15) is 22.8 Å². The normalized spacial score (nSPS) is 19.3. The lowest BCUT2D eigenvalue weighted by Gasteiger charge is -2.34. The molecule has 1 atom stereocenters. The van der Waals surface area contributed by atoms with Gasteiger partial charge in [-0.1, -0.05) is 0 Å². The molecule has 1 aliphatic rings. The molecular formula is C13H13F3N4O3. The number of ether oxygens (including phenoxy) is 1. The molecule has 2 aromatic heterocycles. The fourth-order valence-electron chi connectivity index (χ4n) is 2.49. The third-order valence-corrected chi connectivity index (χ3v) is 3.71. The number of aryl methyl sites for hydroxylation is 1. The van der Waals surface area contributed by atoms with Crippen molar-refractivity contribution < 1.29 is 22.7 Å². The number of rotatable bonds is 1. The molecule has 1 fully saturated rings. The molecule has 23 heavy (non-hydrogen) atoms. The highest BCUT2D eigenvalue weighted by Crippen LogP contribution is 2.26. The first-order valence-electron chi connectivity index (χ1n) is 6.82. The summed E-state index contributed by atoms with van der Waals surface area (Å²) in [5.41, 5.74) is 0.484. The molecule has 0 spiro atoms. The zero-order valence-corrected chi connectivity index (χ0v) is 12.1. The minimum Gasteiger partial charge on any atom is -0.365 e. The van der Waals surface area contributed by atoms with Crippen molar-refractivity contribution >= 4 is 11.6 Å². The molecule has 1 aliphatic heterocycles. The summed E-state index contributed by atoms with van der Waals surface area (Å²) in [5, 5.41) is 2.48. The molecule has 3 rings (SSSR count). The molecule has 0 bridgehead atoms. The Morgan fingerprint density at radius 3 is 2.91 bits per heavy atom. The van der Waals surface area contributed by atoms with Gasteiger partial charge in [0.05, 0.1) is 24.4 Å². The molecular weight excluding hydrogens is 317 g/mol. The monoisotopic (exact) mass is 330 g/mol. The molecule has 0 aliphatic carbocycles. The number of hydrogen-bond acceptors (Lipinski definition) is 4. The van der Waals surface area contributed by atoms with E-state index < -0.39 is 24.7 Å². The van der Waals surface area contributed by atoms with Crippen molar-refractivity contribution in [3.05, 3.63) is 33.9 Å². The first kappa shape index (κ1) is 15.5. The van der Waals surface area contributed by atoms with Crippen LogP contribution in [0.15, 0.2) is 17.1 Å². The Morgan fingerprint density at radius 1 is 1.48 bits per heavy atom. The fourth-order valence-corrected chi connectivity index (χ4v) is 2.49. The van der Waals surface area contributed by atoms with Gasteiger partial charge in [0.1, 0.15) is 0 Å². The smallest absolute Gasteiger partial charge is 0.365 e. The number of amides is 1. The Balaban J connectivity index is 1.91. The minimum atomic E-state index is -4.53. The zero-order chi connectivity index (χ0) is 16.8. The number of halogens is 3. The zero-order valence-electron chi connectivity index (χ0n) is 12.1. The number of morpholine rings is 1. The van der Waals surface area contributed by atoms with E-state index in [0.717, 1.165) is 4.90 Å². The van der Waals surface area contributed by atoms with Crippen LogP contribution in [0.1, 0.15) is 16.1 Å². The molecule has 1 unspecified atom stereocenters. The average Bonchev–Trinajstić information content (AvgIpc) is 2.88. The number of aromatic amines is 1.